The number of hydrogen-bond donors (Lipinski definition) is 1. The van der Waals surface area contributed by atoms with Crippen molar-refractivity contribution in [3.63, 3.8) is 0 Å². The molecule has 0 atom stereocenters. The van der Waals surface area contributed by atoms with Crippen LogP contribution in [0.15, 0.2) is 15.9 Å². The van der Waals surface area contributed by atoms with E-state index in [1.54, 1.807) is 11.6 Å². The standard InChI is InChI=1S/C7H8N4O2.Na.H/c1-10-3-8-5-4(10)6(12)11(2)7(13)9-5;;/h3H,1-2H3,(H,9,13);;. The Kier molecular flexibility index (Phi) is 2.98. The van der Waals surface area contributed by atoms with Crippen LogP contribution in [-0.4, -0.2) is 48.7 Å². The van der Waals surface area contributed by atoms with Crippen LogP contribution in [0.3, 0.4) is 0 Å². The molecule has 0 fully saturated rings. The Bertz CT molecular complexity index is 579. The van der Waals surface area contributed by atoms with Crippen LogP contribution in [0.5, 0.6) is 0 Å². The van der Waals surface area contributed by atoms with Gasteiger partial charge in [0.05, 0.1) is 6.33 Å². The Morgan fingerprint density at radius 2 is 2.00 bits per heavy atom. The number of fused-ring (bicyclic) bond motifs is 1. The molecule has 0 aromatic carbocycles. The van der Waals surface area contributed by atoms with Gasteiger partial charge in [0.1, 0.15) is 0 Å². The first-order valence-electron chi connectivity index (χ1n) is 3.71. The molecule has 70 valence electrons. The van der Waals surface area contributed by atoms with E-state index >= 15 is 0 Å². The van der Waals surface area contributed by atoms with Crippen molar-refractivity contribution in [1.29, 1.82) is 0 Å². The molecule has 0 aliphatic rings. The summed E-state index contributed by atoms with van der Waals surface area (Å²) in [5, 5.41) is 0. The Morgan fingerprint density at radius 3 is 2.64 bits per heavy atom. The first-order chi connectivity index (χ1) is 6.11. The normalized spacial score (nSPS) is 10.1. The first-order valence-corrected chi connectivity index (χ1v) is 3.71. The molecule has 0 saturated heterocycles. The number of imidazole rings is 1. The van der Waals surface area contributed by atoms with Crippen molar-refractivity contribution < 1.29 is 0 Å². The van der Waals surface area contributed by atoms with Crippen molar-refractivity contribution in [2.75, 3.05) is 0 Å². The maximum atomic E-state index is 11.5. The van der Waals surface area contributed by atoms with E-state index in [-0.39, 0.29) is 35.1 Å². The molecule has 0 aliphatic heterocycles. The second kappa shape index (κ2) is 3.72. The van der Waals surface area contributed by atoms with Crippen molar-refractivity contribution in [1.82, 2.24) is 19.1 Å². The van der Waals surface area contributed by atoms with Crippen LogP contribution < -0.4 is 11.2 Å². The number of aromatic amines is 1. The van der Waals surface area contributed by atoms with Gasteiger partial charge in [-0.3, -0.25) is 14.3 Å². The van der Waals surface area contributed by atoms with Crippen molar-refractivity contribution in [2.45, 2.75) is 0 Å². The van der Waals surface area contributed by atoms with Gasteiger partial charge in [-0.15, -0.1) is 0 Å². The second-order valence-electron chi connectivity index (χ2n) is 2.85. The zero-order valence-corrected chi connectivity index (χ0v) is 7.24. The van der Waals surface area contributed by atoms with Gasteiger partial charge in [0.2, 0.25) is 0 Å². The maximum absolute atomic E-state index is 11.5. The van der Waals surface area contributed by atoms with E-state index in [0.29, 0.717) is 11.2 Å². The van der Waals surface area contributed by atoms with Gasteiger partial charge in [-0.05, 0) is 0 Å². The van der Waals surface area contributed by atoms with E-state index in [2.05, 4.69) is 9.97 Å². The molecule has 2 heterocycles. The van der Waals surface area contributed by atoms with Gasteiger partial charge in [-0.25, -0.2) is 9.78 Å². The SMILES string of the molecule is Cn1c(=O)[nH]c2ncn(C)c2c1=O.[NaH]. The minimum atomic E-state index is -0.448. The van der Waals surface area contributed by atoms with Crippen LogP contribution in [0, 0.1) is 0 Å². The Balaban J connectivity index is 0.000000980. The van der Waals surface area contributed by atoms with Crippen molar-refractivity contribution in [2.24, 2.45) is 14.1 Å². The number of hydrogen-bond acceptors (Lipinski definition) is 3. The Hall–Kier alpha value is -0.850. The summed E-state index contributed by atoms with van der Waals surface area (Å²) in [6.07, 6.45) is 1.49. The van der Waals surface area contributed by atoms with Gasteiger partial charge < -0.3 is 4.57 Å². The third kappa shape index (κ3) is 1.45. The fourth-order valence-electron chi connectivity index (χ4n) is 1.21. The molecule has 0 unspecified atom stereocenters. The van der Waals surface area contributed by atoms with Gasteiger partial charge in [-0.1, -0.05) is 0 Å². The van der Waals surface area contributed by atoms with Gasteiger partial charge in [-0.2, -0.15) is 0 Å². The fourth-order valence-corrected chi connectivity index (χ4v) is 1.21. The molecule has 0 radical (unpaired) electrons. The molecule has 2 aromatic heterocycles. The van der Waals surface area contributed by atoms with E-state index < -0.39 is 5.69 Å². The molecule has 0 aliphatic carbocycles. The van der Waals surface area contributed by atoms with Gasteiger partial charge in [0.15, 0.2) is 11.2 Å². The zero-order valence-electron chi connectivity index (χ0n) is 7.24. The molecule has 0 spiro atoms. The van der Waals surface area contributed by atoms with Gasteiger partial charge in [0.25, 0.3) is 5.56 Å². The molecular formula is C7H9N4NaO2. The topological polar surface area (TPSA) is 72.7 Å². The summed E-state index contributed by atoms with van der Waals surface area (Å²) in [7, 11) is 3.13. The minimum absolute atomic E-state index is 0. The number of aromatic nitrogens is 4. The monoisotopic (exact) mass is 204 g/mol. The van der Waals surface area contributed by atoms with Crippen LogP contribution in [0.1, 0.15) is 0 Å². The Morgan fingerprint density at radius 1 is 1.36 bits per heavy atom. The molecule has 2 aromatic rings. The average Bonchev–Trinajstić information content (AvgIpc) is 2.43. The molecule has 14 heavy (non-hydrogen) atoms. The third-order valence-electron chi connectivity index (χ3n) is 1.97. The number of aryl methyl sites for hydroxylation is 1. The van der Waals surface area contributed by atoms with E-state index in [1.807, 2.05) is 0 Å². The summed E-state index contributed by atoms with van der Waals surface area (Å²) in [5.41, 5.74) is -0.0485. The molecule has 0 amide bonds. The fraction of sp³-hybridized carbons (Fsp3) is 0.286. The molecule has 6 nitrogen and oxygen atoms in total. The van der Waals surface area contributed by atoms with Crippen LogP contribution >= 0.6 is 0 Å². The van der Waals surface area contributed by atoms with Crippen molar-refractivity contribution in [3.8, 4) is 0 Å². The predicted octanol–water partition coefficient (Wildman–Crippen LogP) is -1.69. The predicted molar refractivity (Wildman–Crippen MR) is 53.7 cm³/mol. The van der Waals surface area contributed by atoms with Crippen molar-refractivity contribution >= 4 is 40.7 Å². The molecule has 1 N–H and O–H groups in total. The Labute approximate surface area is 101 Å². The van der Waals surface area contributed by atoms with E-state index in [9.17, 15) is 9.59 Å². The van der Waals surface area contributed by atoms with Gasteiger partial charge >= 0.3 is 35.2 Å². The van der Waals surface area contributed by atoms with Crippen LogP contribution in [0.25, 0.3) is 11.2 Å². The molecule has 7 heteroatoms. The summed E-state index contributed by atoms with van der Waals surface area (Å²) in [4.78, 5) is 29.0. The molecule has 2 rings (SSSR count). The molecule has 0 bridgehead atoms. The summed E-state index contributed by atoms with van der Waals surface area (Å²) in [5.74, 6) is 0. The van der Waals surface area contributed by atoms with Crippen LogP contribution in [0.2, 0.25) is 0 Å². The first kappa shape index (κ1) is 11.2. The number of nitrogens with zero attached hydrogens (tertiary/aromatic N) is 3. The average molecular weight is 204 g/mol. The van der Waals surface area contributed by atoms with Crippen LogP contribution in [0.4, 0.5) is 0 Å². The van der Waals surface area contributed by atoms with Crippen molar-refractivity contribution in [3.05, 3.63) is 27.2 Å². The van der Waals surface area contributed by atoms with Gasteiger partial charge in [0, 0.05) is 14.1 Å². The quantitative estimate of drug-likeness (QED) is 0.520. The molecular weight excluding hydrogens is 195 g/mol. The summed E-state index contributed by atoms with van der Waals surface area (Å²) >= 11 is 0. The number of rotatable bonds is 0. The summed E-state index contributed by atoms with van der Waals surface area (Å²) in [6, 6.07) is 0. The van der Waals surface area contributed by atoms with E-state index in [1.165, 1.54) is 13.4 Å². The number of nitrogens with one attached hydrogen (secondary N) is 1. The third-order valence-corrected chi connectivity index (χ3v) is 1.97. The zero-order chi connectivity index (χ0) is 9.59. The van der Waals surface area contributed by atoms with E-state index in [4.69, 9.17) is 0 Å². The number of H-pyrrole nitrogens is 1. The molecule has 0 saturated carbocycles. The summed E-state index contributed by atoms with van der Waals surface area (Å²) < 4.78 is 2.59. The second-order valence-corrected chi connectivity index (χ2v) is 2.85. The van der Waals surface area contributed by atoms with Crippen LogP contribution in [-0.2, 0) is 14.1 Å². The van der Waals surface area contributed by atoms with E-state index in [0.717, 1.165) is 4.57 Å². The summed E-state index contributed by atoms with van der Waals surface area (Å²) in [6.45, 7) is 0.